The quantitative estimate of drug-likeness (QED) is 0.803. The molecule has 22 heavy (non-hydrogen) atoms. The molecule has 0 aliphatic heterocycles. The molecule has 2 aromatic rings. The van der Waals surface area contributed by atoms with E-state index in [1.807, 2.05) is 51.1 Å². The van der Waals surface area contributed by atoms with E-state index in [0.717, 1.165) is 10.0 Å². The van der Waals surface area contributed by atoms with Gasteiger partial charge in [0.25, 0.3) is 5.56 Å². The van der Waals surface area contributed by atoms with Gasteiger partial charge in [0.15, 0.2) is 5.78 Å². The van der Waals surface area contributed by atoms with Crippen LogP contribution in [0.1, 0.15) is 26.3 Å². The van der Waals surface area contributed by atoms with E-state index >= 15 is 0 Å². The van der Waals surface area contributed by atoms with E-state index in [-0.39, 0.29) is 11.3 Å². The molecule has 1 heterocycles. The Labute approximate surface area is 141 Å². The largest absolute Gasteiger partial charge is 0.302 e. The first kappa shape index (κ1) is 16.9. The van der Waals surface area contributed by atoms with E-state index in [0.29, 0.717) is 9.20 Å². The predicted octanol–water partition coefficient (Wildman–Crippen LogP) is 2.43. The molecule has 0 fully saturated rings. The maximum atomic E-state index is 12.3. The second-order valence-electron chi connectivity index (χ2n) is 6.13. The second kappa shape index (κ2) is 6.34. The molecular weight excluding hydrogens is 362 g/mol. The molecule has 0 amide bonds. The third-order valence-corrected chi connectivity index (χ3v) is 4.81. The van der Waals surface area contributed by atoms with Crippen LogP contribution in [0.4, 0.5) is 0 Å². The summed E-state index contributed by atoms with van der Waals surface area (Å²) in [7, 11) is 1.69. The van der Waals surface area contributed by atoms with Crippen LogP contribution in [-0.4, -0.2) is 10.4 Å². The lowest BCUT2D eigenvalue weighted by Gasteiger charge is -2.12. The van der Waals surface area contributed by atoms with Crippen molar-refractivity contribution in [2.45, 2.75) is 20.8 Å². The fraction of sp³-hybridized carbons (Fsp3) is 0.294. The molecule has 1 aromatic carbocycles. The number of benzene rings is 1. The van der Waals surface area contributed by atoms with Gasteiger partial charge in [-0.05, 0) is 23.8 Å². The molecule has 5 heteroatoms. The molecule has 0 saturated heterocycles. The maximum absolute atomic E-state index is 12.3. The lowest BCUT2D eigenvalue weighted by Crippen LogP contribution is -2.30. The van der Waals surface area contributed by atoms with Crippen LogP contribution >= 0.6 is 27.3 Å². The Morgan fingerprint density at radius 1 is 1.32 bits per heavy atom. The monoisotopic (exact) mass is 379 g/mol. The molecule has 1 aromatic heterocycles. The standard InChI is InChI=1S/C17H18BrNO2S/c1-17(2,3)14(20)10-15-19(4)16(21)13(22-15)9-11-6-5-7-12(18)8-11/h5-10H,1-4H3/b13-9+,15-10-. The van der Waals surface area contributed by atoms with E-state index < -0.39 is 5.41 Å². The minimum Gasteiger partial charge on any atom is -0.302 e. The van der Waals surface area contributed by atoms with E-state index in [4.69, 9.17) is 0 Å². The van der Waals surface area contributed by atoms with Crippen LogP contribution in [0, 0.1) is 5.41 Å². The van der Waals surface area contributed by atoms with Crippen molar-refractivity contribution in [3.05, 3.63) is 53.9 Å². The van der Waals surface area contributed by atoms with Gasteiger partial charge in [-0.2, -0.15) is 0 Å². The molecule has 2 rings (SSSR count). The van der Waals surface area contributed by atoms with Crippen molar-refractivity contribution in [3.63, 3.8) is 0 Å². The average Bonchev–Trinajstić information content (AvgIpc) is 2.66. The number of halogens is 1. The van der Waals surface area contributed by atoms with Crippen LogP contribution < -0.4 is 14.8 Å². The number of carbonyl (C=O) groups is 1. The van der Waals surface area contributed by atoms with Crippen LogP contribution in [0.5, 0.6) is 0 Å². The molecule has 0 aliphatic carbocycles. The van der Waals surface area contributed by atoms with Crippen molar-refractivity contribution in [1.82, 2.24) is 4.57 Å². The minimum atomic E-state index is -0.450. The predicted molar refractivity (Wildman–Crippen MR) is 95.4 cm³/mol. The topological polar surface area (TPSA) is 39.1 Å². The van der Waals surface area contributed by atoms with Gasteiger partial charge in [-0.3, -0.25) is 9.59 Å². The lowest BCUT2D eigenvalue weighted by molar-refractivity contribution is -0.120. The summed E-state index contributed by atoms with van der Waals surface area (Å²) in [6.07, 6.45) is 3.40. The van der Waals surface area contributed by atoms with Crippen molar-refractivity contribution < 1.29 is 4.79 Å². The molecule has 0 N–H and O–H groups in total. The van der Waals surface area contributed by atoms with Crippen molar-refractivity contribution in [3.8, 4) is 0 Å². The summed E-state index contributed by atoms with van der Waals surface area (Å²) in [6.45, 7) is 5.60. The van der Waals surface area contributed by atoms with Gasteiger partial charge in [-0.25, -0.2) is 0 Å². The summed E-state index contributed by atoms with van der Waals surface area (Å²) in [5, 5.41) is 0. The average molecular weight is 380 g/mol. The minimum absolute atomic E-state index is 0.0124. The summed E-state index contributed by atoms with van der Waals surface area (Å²) in [5.74, 6) is 0.0124. The van der Waals surface area contributed by atoms with Gasteiger partial charge < -0.3 is 4.57 Å². The van der Waals surface area contributed by atoms with Crippen LogP contribution in [0.2, 0.25) is 0 Å². The SMILES string of the molecule is Cn1c(=O)/c(=C\c2cccc(Br)c2)s/c1=C\C(=O)C(C)(C)C. The van der Waals surface area contributed by atoms with E-state index in [1.54, 1.807) is 13.1 Å². The molecule has 0 atom stereocenters. The first-order chi connectivity index (χ1) is 10.2. The van der Waals surface area contributed by atoms with Crippen LogP contribution in [-0.2, 0) is 11.8 Å². The fourth-order valence-corrected chi connectivity index (χ4v) is 3.23. The number of rotatable bonds is 2. The molecule has 0 radical (unpaired) electrons. The first-order valence-corrected chi connectivity index (χ1v) is 8.49. The van der Waals surface area contributed by atoms with Gasteiger partial charge in [0.05, 0.1) is 4.53 Å². The second-order valence-corrected chi connectivity index (χ2v) is 8.10. The Morgan fingerprint density at radius 2 is 2.00 bits per heavy atom. The highest BCUT2D eigenvalue weighted by Crippen LogP contribution is 2.15. The van der Waals surface area contributed by atoms with Gasteiger partial charge in [0.2, 0.25) is 0 Å². The molecule has 3 nitrogen and oxygen atoms in total. The van der Waals surface area contributed by atoms with Gasteiger partial charge >= 0.3 is 0 Å². The third-order valence-electron chi connectivity index (χ3n) is 3.20. The molecule has 0 spiro atoms. The van der Waals surface area contributed by atoms with Crippen LogP contribution in [0.3, 0.4) is 0 Å². The first-order valence-electron chi connectivity index (χ1n) is 6.88. The van der Waals surface area contributed by atoms with Crippen molar-refractivity contribution in [2.24, 2.45) is 12.5 Å². The van der Waals surface area contributed by atoms with Gasteiger partial charge in [0, 0.05) is 23.0 Å². The van der Waals surface area contributed by atoms with Crippen LogP contribution in [0.15, 0.2) is 33.5 Å². The lowest BCUT2D eigenvalue weighted by atomic mass is 9.91. The third kappa shape index (κ3) is 3.84. The van der Waals surface area contributed by atoms with Gasteiger partial charge in [-0.15, -0.1) is 11.3 Å². The van der Waals surface area contributed by atoms with E-state index in [1.165, 1.54) is 15.9 Å². The highest BCUT2D eigenvalue weighted by Gasteiger charge is 2.19. The Hall–Kier alpha value is -1.46. The van der Waals surface area contributed by atoms with Gasteiger partial charge in [0.1, 0.15) is 4.66 Å². The zero-order chi connectivity index (χ0) is 16.5. The number of hydrogen-bond donors (Lipinski definition) is 0. The molecule has 0 aliphatic rings. The highest BCUT2D eigenvalue weighted by atomic mass is 79.9. The Balaban J connectivity index is 2.59. The van der Waals surface area contributed by atoms with E-state index in [2.05, 4.69) is 15.9 Å². The number of ketones is 1. The summed E-state index contributed by atoms with van der Waals surface area (Å²) in [4.78, 5) is 24.4. The maximum Gasteiger partial charge on any atom is 0.268 e. The number of carbonyl (C=O) groups excluding carboxylic acids is 1. The van der Waals surface area contributed by atoms with Crippen molar-refractivity contribution in [2.75, 3.05) is 0 Å². The number of nitrogens with zero attached hydrogens (tertiary/aromatic N) is 1. The number of aromatic nitrogens is 1. The Morgan fingerprint density at radius 3 is 2.59 bits per heavy atom. The zero-order valence-corrected chi connectivity index (χ0v) is 15.4. The summed E-state index contributed by atoms with van der Waals surface area (Å²) < 4.78 is 3.78. The summed E-state index contributed by atoms with van der Waals surface area (Å²) in [6, 6.07) is 7.74. The summed E-state index contributed by atoms with van der Waals surface area (Å²) >= 11 is 4.75. The molecule has 0 bridgehead atoms. The van der Waals surface area contributed by atoms with Crippen LogP contribution in [0.25, 0.3) is 12.2 Å². The molecule has 0 saturated carbocycles. The number of hydrogen-bond acceptors (Lipinski definition) is 3. The molecule has 116 valence electrons. The summed E-state index contributed by atoms with van der Waals surface area (Å²) in [5.41, 5.74) is 0.411. The normalized spacial score (nSPS) is 13.7. The van der Waals surface area contributed by atoms with Gasteiger partial charge in [-0.1, -0.05) is 48.8 Å². The Bertz CT molecular complexity index is 885. The van der Waals surface area contributed by atoms with Crippen molar-refractivity contribution >= 4 is 45.2 Å². The number of thiazole rings is 1. The Kier molecular flexibility index (Phi) is 4.87. The van der Waals surface area contributed by atoms with E-state index in [9.17, 15) is 9.59 Å². The highest BCUT2D eigenvalue weighted by molar-refractivity contribution is 9.10. The molecular formula is C17H18BrNO2S. The zero-order valence-electron chi connectivity index (χ0n) is 13.0. The van der Waals surface area contributed by atoms with Crippen molar-refractivity contribution in [1.29, 1.82) is 0 Å². The number of Topliss-reactive ketones (excluding diaryl/α,β-unsaturated/α-hetero) is 1. The fourth-order valence-electron chi connectivity index (χ4n) is 1.78. The molecule has 0 unspecified atom stereocenters. The smallest absolute Gasteiger partial charge is 0.268 e.